The van der Waals surface area contributed by atoms with Crippen molar-refractivity contribution >= 4 is 25.6 Å². The first-order valence-corrected chi connectivity index (χ1v) is 15.5. The average Bonchev–Trinajstić information content (AvgIpc) is 3.73. The van der Waals surface area contributed by atoms with E-state index in [0.717, 1.165) is 30.3 Å². The van der Waals surface area contributed by atoms with Crippen molar-refractivity contribution in [2.45, 2.75) is 72.0 Å². The molecule has 2 aliphatic rings. The summed E-state index contributed by atoms with van der Waals surface area (Å²) in [7, 11) is -8.48. The summed E-state index contributed by atoms with van der Waals surface area (Å²) in [5, 5.41) is -1.70. The number of hydrogen-bond donors (Lipinski definition) is 0. The standard InChI is InChI=1S/C25H26F6N2O6S2/c1-23(2,41(37,38)18-5-3-4-16(14-18)24(26,27)28)15-10-12-33(13-11-15)22(34)19-8-9-20(39-25(29,30)31)32-21(19)40(35,36)17-6-7-17/h3-5,8-9,14-15,17H,6-7,10-13H2,1-2H3. The molecular formula is C25H26F6N2O6S2. The molecule has 8 nitrogen and oxygen atoms in total. The van der Waals surface area contributed by atoms with Crippen molar-refractivity contribution in [2.24, 2.45) is 5.92 Å². The third-order valence-electron chi connectivity index (χ3n) is 7.45. The van der Waals surface area contributed by atoms with Crippen molar-refractivity contribution < 1.29 is 52.7 Å². The van der Waals surface area contributed by atoms with Crippen LogP contribution in [-0.2, 0) is 25.9 Å². The van der Waals surface area contributed by atoms with E-state index < -0.39 is 81.0 Å². The summed E-state index contributed by atoms with van der Waals surface area (Å²) in [6, 6.07) is 5.09. The summed E-state index contributed by atoms with van der Waals surface area (Å²) < 4.78 is 133. The summed E-state index contributed by atoms with van der Waals surface area (Å²) in [4.78, 5) is 17.6. The normalized spacial score (nSPS) is 17.9. The van der Waals surface area contributed by atoms with Crippen LogP contribution in [0.5, 0.6) is 5.88 Å². The van der Waals surface area contributed by atoms with Gasteiger partial charge in [0.15, 0.2) is 24.7 Å². The van der Waals surface area contributed by atoms with Crippen molar-refractivity contribution in [1.29, 1.82) is 0 Å². The minimum absolute atomic E-state index is 0.0330. The van der Waals surface area contributed by atoms with Crippen LogP contribution in [0.15, 0.2) is 46.3 Å². The average molecular weight is 629 g/mol. The highest BCUT2D eigenvalue weighted by atomic mass is 32.2. The second kappa shape index (κ2) is 10.4. The Balaban J connectivity index is 1.55. The highest BCUT2D eigenvalue weighted by molar-refractivity contribution is 7.93. The van der Waals surface area contributed by atoms with Gasteiger partial charge in [0.2, 0.25) is 5.88 Å². The molecule has 1 saturated carbocycles. The maximum Gasteiger partial charge on any atom is 0.574 e. The molecule has 0 unspecified atom stereocenters. The molecule has 1 saturated heterocycles. The number of carbonyl (C=O) groups excluding carboxylic acids is 1. The smallest absolute Gasteiger partial charge is 0.388 e. The number of piperidine rings is 1. The van der Waals surface area contributed by atoms with Crippen molar-refractivity contribution in [1.82, 2.24) is 9.88 Å². The van der Waals surface area contributed by atoms with Gasteiger partial charge in [0.25, 0.3) is 5.91 Å². The number of nitrogens with zero attached hydrogens (tertiary/aromatic N) is 2. The number of hydrogen-bond acceptors (Lipinski definition) is 7. The van der Waals surface area contributed by atoms with Gasteiger partial charge in [0.1, 0.15) is 0 Å². The number of benzene rings is 1. The van der Waals surface area contributed by atoms with Gasteiger partial charge in [-0.2, -0.15) is 13.2 Å². The predicted octanol–water partition coefficient (Wildman–Crippen LogP) is 5.04. The van der Waals surface area contributed by atoms with E-state index in [4.69, 9.17) is 0 Å². The van der Waals surface area contributed by atoms with E-state index in [9.17, 15) is 48.0 Å². The Labute approximate surface area is 232 Å². The maximum absolute atomic E-state index is 13.4. The molecule has 1 aromatic heterocycles. The molecule has 1 amide bonds. The lowest BCUT2D eigenvalue weighted by molar-refractivity contribution is -0.276. The van der Waals surface area contributed by atoms with E-state index in [0.29, 0.717) is 6.07 Å². The number of amides is 1. The first-order valence-electron chi connectivity index (χ1n) is 12.5. The summed E-state index contributed by atoms with van der Waals surface area (Å²) in [6.07, 6.45) is -9.11. The van der Waals surface area contributed by atoms with E-state index in [-0.39, 0.29) is 38.8 Å². The van der Waals surface area contributed by atoms with Crippen LogP contribution in [0.3, 0.4) is 0 Å². The molecule has 226 valence electrons. The summed E-state index contributed by atoms with van der Waals surface area (Å²) in [6.45, 7) is 2.73. The Morgan fingerprint density at radius 2 is 1.54 bits per heavy atom. The summed E-state index contributed by atoms with van der Waals surface area (Å²) >= 11 is 0. The number of carbonyl (C=O) groups is 1. The summed E-state index contributed by atoms with van der Waals surface area (Å²) in [5.74, 6) is -2.43. The molecule has 1 aromatic carbocycles. The Morgan fingerprint density at radius 1 is 0.927 bits per heavy atom. The second-order valence-electron chi connectivity index (χ2n) is 10.5. The molecule has 1 aliphatic heterocycles. The van der Waals surface area contributed by atoms with E-state index in [1.807, 2.05) is 0 Å². The Hall–Kier alpha value is -2.88. The SMILES string of the molecule is CC(C)(C1CCN(C(=O)c2ccc(OC(F)(F)F)nc2S(=O)(=O)C2CC2)CC1)S(=O)(=O)c1cccc(C(F)(F)F)c1. The maximum atomic E-state index is 13.4. The van der Waals surface area contributed by atoms with Gasteiger partial charge in [0, 0.05) is 19.2 Å². The van der Waals surface area contributed by atoms with E-state index >= 15 is 0 Å². The lowest BCUT2D eigenvalue weighted by Crippen LogP contribution is -2.47. The molecule has 16 heteroatoms. The topological polar surface area (TPSA) is 111 Å². The van der Waals surface area contributed by atoms with Crippen LogP contribution < -0.4 is 4.74 Å². The van der Waals surface area contributed by atoms with E-state index in [1.165, 1.54) is 18.7 Å². The molecule has 2 fully saturated rings. The molecule has 1 aliphatic carbocycles. The van der Waals surface area contributed by atoms with Crippen LogP contribution >= 0.6 is 0 Å². The monoisotopic (exact) mass is 628 g/mol. The third kappa shape index (κ3) is 6.32. The minimum atomic E-state index is -5.14. The van der Waals surface area contributed by atoms with Crippen molar-refractivity contribution in [2.75, 3.05) is 13.1 Å². The Bertz CT molecular complexity index is 1540. The van der Waals surface area contributed by atoms with E-state index in [2.05, 4.69) is 9.72 Å². The number of aromatic nitrogens is 1. The fourth-order valence-electron chi connectivity index (χ4n) is 4.83. The Morgan fingerprint density at radius 3 is 2.07 bits per heavy atom. The van der Waals surface area contributed by atoms with Gasteiger partial charge in [-0.25, -0.2) is 21.8 Å². The number of likely N-dealkylation sites (tertiary alicyclic amines) is 1. The quantitative estimate of drug-likeness (QED) is 0.395. The van der Waals surface area contributed by atoms with Gasteiger partial charge >= 0.3 is 12.5 Å². The van der Waals surface area contributed by atoms with E-state index in [1.54, 1.807) is 0 Å². The lowest BCUT2D eigenvalue weighted by Gasteiger charge is -2.40. The van der Waals surface area contributed by atoms with Crippen LogP contribution in [-0.4, -0.2) is 62.1 Å². The first-order chi connectivity index (χ1) is 18.7. The van der Waals surface area contributed by atoms with Crippen LogP contribution in [0, 0.1) is 5.92 Å². The van der Waals surface area contributed by atoms with Gasteiger partial charge in [0.05, 0.1) is 26.0 Å². The molecule has 2 heterocycles. The fraction of sp³-hybridized carbons (Fsp3) is 0.520. The number of pyridine rings is 1. The number of ether oxygens (including phenoxy) is 1. The predicted molar refractivity (Wildman–Crippen MR) is 132 cm³/mol. The van der Waals surface area contributed by atoms with Gasteiger partial charge in [-0.1, -0.05) is 6.07 Å². The highest BCUT2D eigenvalue weighted by Gasteiger charge is 2.46. The molecule has 2 aromatic rings. The Kier molecular flexibility index (Phi) is 7.91. The number of sulfone groups is 2. The van der Waals surface area contributed by atoms with Crippen LogP contribution in [0.1, 0.15) is 55.5 Å². The zero-order valence-corrected chi connectivity index (χ0v) is 23.4. The zero-order chi connectivity index (χ0) is 30.6. The summed E-state index contributed by atoms with van der Waals surface area (Å²) in [5.41, 5.74) is -1.53. The van der Waals surface area contributed by atoms with Gasteiger partial charge in [-0.3, -0.25) is 4.79 Å². The molecular weight excluding hydrogens is 602 g/mol. The minimum Gasteiger partial charge on any atom is -0.388 e. The third-order valence-corrected chi connectivity index (χ3v) is 12.2. The van der Waals surface area contributed by atoms with Gasteiger partial charge < -0.3 is 9.64 Å². The fourth-order valence-corrected chi connectivity index (χ4v) is 8.40. The van der Waals surface area contributed by atoms with Gasteiger partial charge in [-0.15, -0.1) is 13.2 Å². The number of rotatable bonds is 7. The molecule has 0 N–H and O–H groups in total. The number of halogens is 6. The lowest BCUT2D eigenvalue weighted by atomic mass is 9.85. The molecule has 0 bridgehead atoms. The molecule has 0 radical (unpaired) electrons. The molecule has 0 atom stereocenters. The number of alkyl halides is 6. The second-order valence-corrected chi connectivity index (χ2v) is 15.2. The van der Waals surface area contributed by atoms with Crippen molar-refractivity contribution in [3.63, 3.8) is 0 Å². The zero-order valence-electron chi connectivity index (χ0n) is 21.8. The van der Waals surface area contributed by atoms with Crippen molar-refractivity contribution in [3.8, 4) is 5.88 Å². The van der Waals surface area contributed by atoms with Crippen LogP contribution in [0.25, 0.3) is 0 Å². The molecule has 0 spiro atoms. The van der Waals surface area contributed by atoms with Gasteiger partial charge in [-0.05, 0) is 69.7 Å². The van der Waals surface area contributed by atoms with Crippen LogP contribution in [0.2, 0.25) is 0 Å². The first kappa shape index (κ1) is 31.1. The largest absolute Gasteiger partial charge is 0.574 e. The molecule has 4 rings (SSSR count). The highest BCUT2D eigenvalue weighted by Crippen LogP contribution is 2.40. The molecule has 41 heavy (non-hydrogen) atoms. The van der Waals surface area contributed by atoms with Crippen LogP contribution in [0.4, 0.5) is 26.3 Å². The van der Waals surface area contributed by atoms with Crippen molar-refractivity contribution in [3.05, 3.63) is 47.5 Å².